The molecule has 0 unspecified atom stereocenters. The number of H-pyrrole nitrogens is 1. The topological polar surface area (TPSA) is 139 Å². The Morgan fingerprint density at radius 1 is 1.44 bits per heavy atom. The summed E-state index contributed by atoms with van der Waals surface area (Å²) in [4.78, 5) is 33.4. The number of nitrogen functional groups attached to an aromatic ring is 1. The summed E-state index contributed by atoms with van der Waals surface area (Å²) in [5, 5.41) is 10.9. The van der Waals surface area contributed by atoms with Gasteiger partial charge in [0.1, 0.15) is 17.5 Å². The van der Waals surface area contributed by atoms with Gasteiger partial charge in [0, 0.05) is 13.1 Å². The molecule has 3 aromatic heterocycles. The third-order valence-corrected chi connectivity index (χ3v) is 4.74. The fourth-order valence-corrected chi connectivity index (χ4v) is 3.24. The maximum atomic E-state index is 12.6. The number of aromatic amines is 1. The molecule has 1 amide bonds. The number of nitrogens with zero attached hydrogens (tertiary/aromatic N) is 6. The molecule has 130 valence electrons. The Hall–Kier alpha value is -3.01. The summed E-state index contributed by atoms with van der Waals surface area (Å²) in [6, 6.07) is -0.410. The Bertz CT molecular complexity index is 917. The van der Waals surface area contributed by atoms with Gasteiger partial charge >= 0.3 is 0 Å². The van der Waals surface area contributed by atoms with E-state index in [2.05, 4.69) is 24.9 Å². The minimum absolute atomic E-state index is 0.156. The molecule has 0 spiro atoms. The maximum Gasteiger partial charge on any atom is 0.271 e. The summed E-state index contributed by atoms with van der Waals surface area (Å²) in [7, 11) is 0. The second kappa shape index (κ2) is 5.52. The standard InChI is InChI=1S/C15H18N8O2/c1-15(25)2-3-22(14(24)9-4-17-6-18-9)5-10(15)23-8-21-11-12(16)19-7-20-13(11)23/h4,6-8,10,25H,2-3,5H2,1H3,(H,17,18)(H2,16,19,20)/t10-,15-/m1/s1. The molecule has 1 aliphatic heterocycles. The van der Waals surface area contributed by atoms with Crippen molar-refractivity contribution in [1.29, 1.82) is 0 Å². The van der Waals surface area contributed by atoms with Crippen LogP contribution in [0, 0.1) is 0 Å². The largest absolute Gasteiger partial charge is 0.388 e. The molecule has 0 bridgehead atoms. The molecule has 10 nitrogen and oxygen atoms in total. The summed E-state index contributed by atoms with van der Waals surface area (Å²) >= 11 is 0. The van der Waals surface area contributed by atoms with Gasteiger partial charge in [0.05, 0.1) is 30.5 Å². The number of piperidine rings is 1. The molecule has 2 atom stereocenters. The van der Waals surface area contributed by atoms with Crippen molar-refractivity contribution in [3.05, 3.63) is 30.9 Å². The number of hydrogen-bond acceptors (Lipinski definition) is 7. The summed E-state index contributed by atoms with van der Waals surface area (Å²) < 4.78 is 1.76. The molecule has 1 aliphatic rings. The molecule has 1 saturated heterocycles. The zero-order valence-electron chi connectivity index (χ0n) is 13.6. The van der Waals surface area contributed by atoms with Gasteiger partial charge in [0.25, 0.3) is 5.91 Å². The van der Waals surface area contributed by atoms with Crippen LogP contribution in [-0.2, 0) is 0 Å². The monoisotopic (exact) mass is 342 g/mol. The minimum atomic E-state index is -1.02. The molecule has 4 N–H and O–H groups in total. The van der Waals surface area contributed by atoms with E-state index in [4.69, 9.17) is 5.73 Å². The Morgan fingerprint density at radius 2 is 2.28 bits per heavy atom. The van der Waals surface area contributed by atoms with E-state index in [1.165, 1.54) is 18.9 Å². The number of nitrogens with two attached hydrogens (primary N) is 1. The highest BCUT2D eigenvalue weighted by Gasteiger charge is 2.41. The highest BCUT2D eigenvalue weighted by atomic mass is 16.3. The third kappa shape index (κ3) is 2.50. The molecular weight excluding hydrogens is 324 g/mol. The number of aromatic nitrogens is 6. The van der Waals surface area contributed by atoms with Crippen LogP contribution in [0.1, 0.15) is 29.9 Å². The smallest absolute Gasteiger partial charge is 0.271 e. The first-order valence-electron chi connectivity index (χ1n) is 7.90. The van der Waals surface area contributed by atoms with Gasteiger partial charge in [-0.3, -0.25) is 4.79 Å². The number of anilines is 1. The van der Waals surface area contributed by atoms with Crippen LogP contribution in [0.15, 0.2) is 25.2 Å². The highest BCUT2D eigenvalue weighted by Crippen LogP contribution is 2.34. The summed E-state index contributed by atoms with van der Waals surface area (Å²) in [6.45, 7) is 2.53. The Kier molecular flexibility index (Phi) is 3.42. The van der Waals surface area contributed by atoms with Crippen LogP contribution < -0.4 is 5.73 Å². The zero-order chi connectivity index (χ0) is 17.6. The van der Waals surface area contributed by atoms with Crippen molar-refractivity contribution >= 4 is 22.9 Å². The molecule has 1 fully saturated rings. The van der Waals surface area contributed by atoms with E-state index in [1.54, 1.807) is 22.7 Å². The number of likely N-dealkylation sites (tertiary alicyclic amines) is 1. The Balaban J connectivity index is 1.70. The zero-order valence-corrected chi connectivity index (χ0v) is 13.6. The van der Waals surface area contributed by atoms with Gasteiger partial charge in [-0.2, -0.15) is 0 Å². The van der Waals surface area contributed by atoms with Crippen LogP contribution in [-0.4, -0.2) is 64.1 Å². The van der Waals surface area contributed by atoms with E-state index in [-0.39, 0.29) is 11.7 Å². The average Bonchev–Trinajstić information content (AvgIpc) is 3.24. The lowest BCUT2D eigenvalue weighted by molar-refractivity contribution is -0.0434. The lowest BCUT2D eigenvalue weighted by atomic mass is 9.88. The summed E-state index contributed by atoms with van der Waals surface area (Å²) in [5.74, 6) is 0.126. The number of aliphatic hydroxyl groups is 1. The van der Waals surface area contributed by atoms with Gasteiger partial charge in [0.15, 0.2) is 11.5 Å². The number of nitrogens with one attached hydrogen (secondary N) is 1. The van der Waals surface area contributed by atoms with E-state index in [9.17, 15) is 9.90 Å². The quantitative estimate of drug-likeness (QED) is 0.594. The van der Waals surface area contributed by atoms with Crippen LogP contribution in [0.25, 0.3) is 11.2 Å². The first kappa shape index (κ1) is 15.5. The van der Waals surface area contributed by atoms with E-state index in [1.807, 2.05) is 0 Å². The fraction of sp³-hybridized carbons (Fsp3) is 0.400. The van der Waals surface area contributed by atoms with Crippen LogP contribution in [0.5, 0.6) is 0 Å². The van der Waals surface area contributed by atoms with Crippen molar-refractivity contribution in [2.45, 2.75) is 25.0 Å². The van der Waals surface area contributed by atoms with E-state index in [0.29, 0.717) is 36.4 Å². The van der Waals surface area contributed by atoms with Gasteiger partial charge in [-0.1, -0.05) is 0 Å². The van der Waals surface area contributed by atoms with Crippen molar-refractivity contribution in [3.8, 4) is 0 Å². The molecular formula is C15H18N8O2. The second-order valence-corrected chi connectivity index (χ2v) is 6.42. The first-order valence-corrected chi connectivity index (χ1v) is 7.90. The average molecular weight is 342 g/mol. The highest BCUT2D eigenvalue weighted by molar-refractivity contribution is 5.92. The van der Waals surface area contributed by atoms with Crippen LogP contribution in [0.4, 0.5) is 5.82 Å². The van der Waals surface area contributed by atoms with Gasteiger partial charge < -0.3 is 25.3 Å². The van der Waals surface area contributed by atoms with Gasteiger partial charge in [0.2, 0.25) is 0 Å². The number of fused-ring (bicyclic) bond motifs is 1. The number of rotatable bonds is 2. The van der Waals surface area contributed by atoms with Crippen molar-refractivity contribution in [1.82, 2.24) is 34.4 Å². The van der Waals surface area contributed by atoms with E-state index < -0.39 is 11.6 Å². The first-order chi connectivity index (χ1) is 12.0. The minimum Gasteiger partial charge on any atom is -0.388 e. The number of imidazole rings is 2. The molecule has 4 heterocycles. The van der Waals surface area contributed by atoms with Gasteiger partial charge in [-0.15, -0.1) is 0 Å². The molecule has 0 aromatic carbocycles. The van der Waals surface area contributed by atoms with E-state index in [0.717, 1.165) is 0 Å². The molecule has 10 heteroatoms. The van der Waals surface area contributed by atoms with Crippen LogP contribution in [0.2, 0.25) is 0 Å². The SMILES string of the molecule is C[C@@]1(O)CCN(C(=O)c2cnc[nH]2)C[C@H]1n1cnc2c(N)ncnc21. The lowest BCUT2D eigenvalue weighted by Gasteiger charge is -2.43. The lowest BCUT2D eigenvalue weighted by Crippen LogP contribution is -2.52. The van der Waals surface area contributed by atoms with Gasteiger partial charge in [-0.25, -0.2) is 19.9 Å². The third-order valence-electron chi connectivity index (χ3n) is 4.74. The van der Waals surface area contributed by atoms with Crippen molar-refractivity contribution in [2.24, 2.45) is 0 Å². The maximum absolute atomic E-state index is 12.6. The van der Waals surface area contributed by atoms with Crippen LogP contribution in [0.3, 0.4) is 0 Å². The number of amides is 1. The normalized spacial score (nSPS) is 23.9. The van der Waals surface area contributed by atoms with Crippen molar-refractivity contribution < 1.29 is 9.90 Å². The fourth-order valence-electron chi connectivity index (χ4n) is 3.24. The van der Waals surface area contributed by atoms with Crippen molar-refractivity contribution in [2.75, 3.05) is 18.8 Å². The Morgan fingerprint density at radius 3 is 3.04 bits per heavy atom. The molecule has 0 aliphatic carbocycles. The Labute approximate surface area is 142 Å². The van der Waals surface area contributed by atoms with Gasteiger partial charge in [-0.05, 0) is 13.3 Å². The molecule has 4 rings (SSSR count). The van der Waals surface area contributed by atoms with Crippen molar-refractivity contribution in [3.63, 3.8) is 0 Å². The predicted molar refractivity (Wildman–Crippen MR) is 88.5 cm³/mol. The number of carbonyl (C=O) groups is 1. The molecule has 0 radical (unpaired) electrons. The number of hydrogen-bond donors (Lipinski definition) is 3. The predicted octanol–water partition coefficient (Wildman–Crippen LogP) is -0.0302. The van der Waals surface area contributed by atoms with E-state index >= 15 is 0 Å². The number of carbonyl (C=O) groups excluding carboxylic acids is 1. The molecule has 25 heavy (non-hydrogen) atoms. The molecule has 0 saturated carbocycles. The van der Waals surface area contributed by atoms with Crippen LogP contribution >= 0.6 is 0 Å². The second-order valence-electron chi connectivity index (χ2n) is 6.42. The summed E-state index contributed by atoms with van der Waals surface area (Å²) in [5.41, 5.74) is 6.26. The summed E-state index contributed by atoms with van der Waals surface area (Å²) in [6.07, 6.45) is 6.33. The molecule has 3 aromatic rings.